The van der Waals surface area contributed by atoms with E-state index in [-0.39, 0.29) is 18.1 Å². The maximum Gasteiger partial charge on any atom is 0.234 e. The second-order valence-electron chi connectivity index (χ2n) is 7.54. The molecule has 1 saturated heterocycles. The van der Waals surface area contributed by atoms with E-state index in [2.05, 4.69) is 10.2 Å². The number of fused-ring (bicyclic) bond motifs is 1. The Bertz CT molecular complexity index is 888. The summed E-state index contributed by atoms with van der Waals surface area (Å²) >= 11 is 0. The van der Waals surface area contributed by atoms with E-state index in [0.29, 0.717) is 25.4 Å². The minimum atomic E-state index is -0.195. The Hall–Kier alpha value is -2.93. The average Bonchev–Trinajstić information content (AvgIpc) is 3.24. The van der Waals surface area contributed by atoms with Crippen molar-refractivity contribution in [1.82, 2.24) is 10.2 Å². The lowest BCUT2D eigenvalue weighted by molar-refractivity contribution is -0.123. The van der Waals surface area contributed by atoms with Crippen molar-refractivity contribution in [3.8, 4) is 23.0 Å². The molecule has 1 N–H and O–H groups in total. The van der Waals surface area contributed by atoms with E-state index in [9.17, 15) is 4.79 Å². The van der Waals surface area contributed by atoms with Crippen LogP contribution >= 0.6 is 0 Å². The molecule has 2 heterocycles. The molecule has 2 aliphatic heterocycles. The molecular formula is C23H28N2O5. The number of hydrogen-bond acceptors (Lipinski definition) is 6. The number of nitrogens with one attached hydrogen (secondary N) is 1. The van der Waals surface area contributed by atoms with E-state index in [1.165, 1.54) is 0 Å². The van der Waals surface area contributed by atoms with Crippen LogP contribution in [0, 0.1) is 0 Å². The molecule has 2 atom stereocenters. The van der Waals surface area contributed by atoms with Gasteiger partial charge in [0, 0.05) is 17.7 Å². The molecule has 0 bridgehead atoms. The molecule has 30 heavy (non-hydrogen) atoms. The predicted molar refractivity (Wildman–Crippen MR) is 112 cm³/mol. The van der Waals surface area contributed by atoms with Gasteiger partial charge in [-0.25, -0.2) is 0 Å². The van der Waals surface area contributed by atoms with Crippen LogP contribution in [0.3, 0.4) is 0 Å². The van der Waals surface area contributed by atoms with Gasteiger partial charge in [-0.3, -0.25) is 9.69 Å². The first kappa shape index (κ1) is 20.3. The fraction of sp³-hybridized carbons (Fsp3) is 0.435. The quantitative estimate of drug-likeness (QED) is 0.754. The summed E-state index contributed by atoms with van der Waals surface area (Å²) < 4.78 is 22.5. The second-order valence-corrected chi connectivity index (χ2v) is 7.54. The van der Waals surface area contributed by atoms with Gasteiger partial charge < -0.3 is 24.3 Å². The molecule has 0 radical (unpaired) electrons. The van der Waals surface area contributed by atoms with Gasteiger partial charge in [0.2, 0.25) is 5.91 Å². The van der Waals surface area contributed by atoms with Gasteiger partial charge in [0.1, 0.15) is 24.2 Å². The molecule has 0 aromatic heterocycles. The van der Waals surface area contributed by atoms with Gasteiger partial charge in [0.25, 0.3) is 0 Å². The van der Waals surface area contributed by atoms with Crippen molar-refractivity contribution < 1.29 is 23.7 Å². The van der Waals surface area contributed by atoms with E-state index in [1.54, 1.807) is 14.2 Å². The van der Waals surface area contributed by atoms with Gasteiger partial charge in [-0.2, -0.15) is 0 Å². The lowest BCUT2D eigenvalue weighted by atomic mass is 10.0. The molecule has 1 amide bonds. The summed E-state index contributed by atoms with van der Waals surface area (Å²) in [5.41, 5.74) is 1.09. The van der Waals surface area contributed by atoms with Crippen molar-refractivity contribution in [2.45, 2.75) is 25.0 Å². The smallest absolute Gasteiger partial charge is 0.234 e. The van der Waals surface area contributed by atoms with Crippen molar-refractivity contribution in [2.75, 3.05) is 40.5 Å². The lowest BCUT2D eigenvalue weighted by Crippen LogP contribution is -2.44. The highest BCUT2D eigenvalue weighted by Gasteiger charge is 2.30. The van der Waals surface area contributed by atoms with Gasteiger partial charge in [-0.1, -0.05) is 18.2 Å². The van der Waals surface area contributed by atoms with Crippen LogP contribution < -0.4 is 24.3 Å². The number of para-hydroxylation sites is 2. The molecule has 4 rings (SSSR count). The zero-order valence-corrected chi connectivity index (χ0v) is 17.4. The Morgan fingerprint density at radius 1 is 1.17 bits per heavy atom. The normalized spacial score (nSPS) is 20.6. The summed E-state index contributed by atoms with van der Waals surface area (Å²) in [6.45, 7) is 2.05. The number of likely N-dealkylation sites (tertiary alicyclic amines) is 1. The molecule has 2 aromatic rings. The SMILES string of the molecule is COc1ccc(C2CCCN2CC(=O)NCC2COc3ccccc3O2)c(OC)c1. The zero-order chi connectivity index (χ0) is 20.9. The highest BCUT2D eigenvalue weighted by atomic mass is 16.6. The van der Waals surface area contributed by atoms with Crippen LogP contribution in [0.4, 0.5) is 0 Å². The standard InChI is InChI=1S/C23H28N2O5/c1-27-16-9-10-18(22(12-16)28-2)19-6-5-11-25(19)14-23(26)24-13-17-15-29-20-7-3-4-8-21(20)30-17/h3-4,7-10,12,17,19H,5-6,11,13-15H2,1-2H3,(H,24,26). The topological polar surface area (TPSA) is 69.3 Å². The molecule has 2 aliphatic rings. The summed E-state index contributed by atoms with van der Waals surface area (Å²) in [7, 11) is 3.30. The third kappa shape index (κ3) is 4.46. The minimum absolute atomic E-state index is 0.0168. The Morgan fingerprint density at radius 3 is 2.80 bits per heavy atom. The second kappa shape index (κ2) is 9.26. The average molecular weight is 412 g/mol. The summed E-state index contributed by atoms with van der Waals surface area (Å²) in [4.78, 5) is 14.8. The summed E-state index contributed by atoms with van der Waals surface area (Å²) in [5.74, 6) is 2.99. The number of carbonyl (C=O) groups excluding carboxylic acids is 1. The lowest BCUT2D eigenvalue weighted by Gasteiger charge is -2.28. The van der Waals surface area contributed by atoms with E-state index < -0.39 is 0 Å². The molecule has 0 spiro atoms. The van der Waals surface area contributed by atoms with Crippen molar-refractivity contribution in [1.29, 1.82) is 0 Å². The summed E-state index contributed by atoms with van der Waals surface area (Å²) in [6.07, 6.45) is 1.84. The van der Waals surface area contributed by atoms with Gasteiger partial charge in [0.15, 0.2) is 11.5 Å². The number of amides is 1. The number of rotatable bonds is 7. The maximum atomic E-state index is 12.6. The molecule has 0 aliphatic carbocycles. The highest BCUT2D eigenvalue weighted by Crippen LogP contribution is 2.38. The van der Waals surface area contributed by atoms with Crippen LogP contribution in [-0.2, 0) is 4.79 Å². The van der Waals surface area contributed by atoms with Crippen molar-refractivity contribution >= 4 is 5.91 Å². The number of hydrogen-bond donors (Lipinski definition) is 1. The fourth-order valence-electron chi connectivity index (χ4n) is 4.09. The third-order valence-electron chi connectivity index (χ3n) is 5.60. The van der Waals surface area contributed by atoms with E-state index in [0.717, 1.165) is 42.2 Å². The Morgan fingerprint density at radius 2 is 2.00 bits per heavy atom. The Labute approximate surface area is 176 Å². The van der Waals surface area contributed by atoms with Crippen LogP contribution in [0.25, 0.3) is 0 Å². The molecule has 7 nitrogen and oxygen atoms in total. The molecular weight excluding hydrogens is 384 g/mol. The van der Waals surface area contributed by atoms with Crippen LogP contribution in [-0.4, -0.2) is 57.4 Å². The first-order valence-electron chi connectivity index (χ1n) is 10.3. The number of benzene rings is 2. The first-order valence-corrected chi connectivity index (χ1v) is 10.3. The first-order chi connectivity index (χ1) is 14.7. The maximum absolute atomic E-state index is 12.6. The summed E-state index contributed by atoms with van der Waals surface area (Å²) in [5, 5.41) is 2.99. The molecule has 1 fully saturated rings. The molecule has 7 heteroatoms. The van der Waals surface area contributed by atoms with Crippen molar-refractivity contribution in [2.24, 2.45) is 0 Å². The van der Waals surface area contributed by atoms with Gasteiger partial charge in [-0.15, -0.1) is 0 Å². The van der Waals surface area contributed by atoms with Crippen molar-refractivity contribution in [3.63, 3.8) is 0 Å². The number of nitrogens with zero attached hydrogens (tertiary/aromatic N) is 1. The van der Waals surface area contributed by atoms with Crippen LogP contribution in [0.1, 0.15) is 24.4 Å². The van der Waals surface area contributed by atoms with Gasteiger partial charge >= 0.3 is 0 Å². The van der Waals surface area contributed by atoms with Crippen LogP contribution in [0.2, 0.25) is 0 Å². The number of ether oxygens (including phenoxy) is 4. The molecule has 0 saturated carbocycles. The van der Waals surface area contributed by atoms with E-state index in [1.807, 2.05) is 42.5 Å². The minimum Gasteiger partial charge on any atom is -0.497 e. The predicted octanol–water partition coefficient (Wildman–Crippen LogP) is 2.80. The van der Waals surface area contributed by atoms with Gasteiger partial charge in [-0.05, 0) is 37.6 Å². The Balaban J connectivity index is 1.33. The van der Waals surface area contributed by atoms with E-state index >= 15 is 0 Å². The van der Waals surface area contributed by atoms with Crippen LogP contribution in [0.5, 0.6) is 23.0 Å². The highest BCUT2D eigenvalue weighted by molar-refractivity contribution is 5.78. The fourth-order valence-corrected chi connectivity index (χ4v) is 4.09. The van der Waals surface area contributed by atoms with Crippen molar-refractivity contribution in [3.05, 3.63) is 48.0 Å². The van der Waals surface area contributed by atoms with Crippen LogP contribution in [0.15, 0.2) is 42.5 Å². The zero-order valence-electron chi connectivity index (χ0n) is 17.4. The summed E-state index contributed by atoms with van der Waals surface area (Å²) in [6, 6.07) is 13.6. The largest absolute Gasteiger partial charge is 0.497 e. The third-order valence-corrected chi connectivity index (χ3v) is 5.60. The molecule has 2 unspecified atom stereocenters. The molecule has 160 valence electrons. The Kier molecular flexibility index (Phi) is 6.28. The van der Waals surface area contributed by atoms with Gasteiger partial charge in [0.05, 0.1) is 27.3 Å². The number of carbonyl (C=O) groups is 1. The molecule has 2 aromatic carbocycles. The van der Waals surface area contributed by atoms with E-state index in [4.69, 9.17) is 18.9 Å². The number of methoxy groups -OCH3 is 2. The monoisotopic (exact) mass is 412 g/mol.